The number of nitrogens with zero attached hydrogens (tertiary/aromatic N) is 1. The van der Waals surface area contributed by atoms with E-state index in [1.165, 1.54) is 32.2 Å². The summed E-state index contributed by atoms with van der Waals surface area (Å²) in [6.45, 7) is 12.7. The molecule has 0 aromatic carbocycles. The molecule has 0 aromatic heterocycles. The predicted octanol–water partition coefficient (Wildman–Crippen LogP) is 3.71. The Morgan fingerprint density at radius 3 is 2.14 bits per heavy atom. The smallest absolute Gasteiger partial charge is 0.149 e. The van der Waals surface area contributed by atoms with Crippen LogP contribution in [-0.4, -0.2) is 23.4 Å². The molecule has 0 amide bonds. The summed E-state index contributed by atoms with van der Waals surface area (Å²) < 4.78 is 2.52. The summed E-state index contributed by atoms with van der Waals surface area (Å²) in [5.41, 5.74) is 0. The first kappa shape index (κ1) is 13.7. The van der Waals surface area contributed by atoms with Crippen LogP contribution in [0.2, 0.25) is 0 Å². The first-order valence-electron chi connectivity index (χ1n) is 6.24. The Morgan fingerprint density at radius 2 is 1.71 bits per heavy atom. The fourth-order valence-corrected chi connectivity index (χ4v) is 1.47. The Bertz CT molecular complexity index is 161. The molecule has 0 saturated heterocycles. The minimum Gasteiger partial charge on any atom is -0.237 e. The fraction of sp³-hybridized carbons (Fsp3) is 0.923. The molecule has 1 nitrogen and oxygen atoms in total. The molecule has 1 heteroatoms. The molecule has 2 atom stereocenters. The quantitative estimate of drug-likeness (QED) is 0.433. The summed E-state index contributed by atoms with van der Waals surface area (Å²) in [6.07, 6.45) is 7.45. The Kier molecular flexibility index (Phi) is 7.83. The zero-order chi connectivity index (χ0) is 11.0. The van der Waals surface area contributed by atoms with Crippen LogP contribution >= 0.6 is 0 Å². The Labute approximate surface area is 90.2 Å². The van der Waals surface area contributed by atoms with Gasteiger partial charge in [-0.2, -0.15) is 0 Å². The second kappa shape index (κ2) is 8.02. The highest BCUT2D eigenvalue weighted by molar-refractivity contribution is 5.51. The number of rotatable bonds is 7. The number of hydrogen-bond acceptors (Lipinski definition) is 0. The minimum absolute atomic E-state index is 0.707. The van der Waals surface area contributed by atoms with Crippen LogP contribution in [-0.2, 0) is 0 Å². The highest BCUT2D eigenvalue weighted by Gasteiger charge is 2.11. The Morgan fingerprint density at radius 1 is 1.07 bits per heavy atom. The largest absolute Gasteiger partial charge is 0.237 e. The zero-order valence-corrected chi connectivity index (χ0v) is 10.7. The van der Waals surface area contributed by atoms with Crippen molar-refractivity contribution in [1.82, 2.24) is 0 Å². The summed E-state index contributed by atoms with van der Waals surface area (Å²) in [6, 6.07) is 0.707. The van der Waals surface area contributed by atoms with E-state index in [2.05, 4.69) is 45.4 Å². The van der Waals surface area contributed by atoms with Crippen molar-refractivity contribution in [3.63, 3.8) is 0 Å². The van der Waals surface area contributed by atoms with Gasteiger partial charge in [0.05, 0.1) is 0 Å². The standard InChI is InChI=1S/C13H28N/c1-6-10-14(13(5)8-3)11-9-12(4)7-2/h11-13H,6-10H2,1-5H3/q+1. The molecule has 0 rings (SSSR count). The van der Waals surface area contributed by atoms with Crippen molar-refractivity contribution in [1.29, 1.82) is 0 Å². The van der Waals surface area contributed by atoms with Crippen molar-refractivity contribution in [2.75, 3.05) is 6.54 Å². The van der Waals surface area contributed by atoms with Gasteiger partial charge in [-0.15, -0.1) is 0 Å². The van der Waals surface area contributed by atoms with Crippen molar-refractivity contribution < 1.29 is 4.58 Å². The van der Waals surface area contributed by atoms with E-state index in [-0.39, 0.29) is 0 Å². The van der Waals surface area contributed by atoms with Crippen LogP contribution in [0.1, 0.15) is 60.3 Å². The van der Waals surface area contributed by atoms with Crippen LogP contribution in [0, 0.1) is 5.92 Å². The van der Waals surface area contributed by atoms with Crippen LogP contribution in [0.5, 0.6) is 0 Å². The SMILES string of the molecule is CCC[N+](=CCC(C)CC)C(C)CC. The van der Waals surface area contributed by atoms with Crippen LogP contribution in [0.25, 0.3) is 0 Å². The van der Waals surface area contributed by atoms with E-state index in [0.29, 0.717) is 6.04 Å². The lowest BCUT2D eigenvalue weighted by atomic mass is 10.1. The van der Waals surface area contributed by atoms with Crippen molar-refractivity contribution >= 4 is 6.21 Å². The summed E-state index contributed by atoms with van der Waals surface area (Å²) in [5.74, 6) is 0.832. The summed E-state index contributed by atoms with van der Waals surface area (Å²) in [4.78, 5) is 0. The summed E-state index contributed by atoms with van der Waals surface area (Å²) >= 11 is 0. The van der Waals surface area contributed by atoms with E-state index >= 15 is 0 Å². The van der Waals surface area contributed by atoms with Gasteiger partial charge in [-0.25, -0.2) is 4.58 Å². The van der Waals surface area contributed by atoms with E-state index < -0.39 is 0 Å². The highest BCUT2D eigenvalue weighted by atomic mass is 15.0. The third kappa shape index (κ3) is 5.41. The molecule has 0 aromatic rings. The molecular formula is C13H28N+. The van der Waals surface area contributed by atoms with Gasteiger partial charge in [0.2, 0.25) is 0 Å². The van der Waals surface area contributed by atoms with Gasteiger partial charge in [-0.05, 0) is 12.8 Å². The lowest BCUT2D eigenvalue weighted by molar-refractivity contribution is -0.559. The molecule has 0 heterocycles. The molecule has 0 bridgehead atoms. The monoisotopic (exact) mass is 198 g/mol. The van der Waals surface area contributed by atoms with Crippen molar-refractivity contribution in [2.45, 2.75) is 66.3 Å². The zero-order valence-electron chi connectivity index (χ0n) is 10.7. The van der Waals surface area contributed by atoms with Gasteiger partial charge >= 0.3 is 0 Å². The van der Waals surface area contributed by atoms with E-state index in [9.17, 15) is 0 Å². The Balaban J connectivity index is 4.17. The maximum absolute atomic E-state index is 2.52. The molecular weight excluding hydrogens is 170 g/mol. The van der Waals surface area contributed by atoms with Gasteiger partial charge in [0.15, 0.2) is 0 Å². The van der Waals surface area contributed by atoms with Crippen LogP contribution < -0.4 is 0 Å². The molecule has 0 aliphatic rings. The van der Waals surface area contributed by atoms with Gasteiger partial charge in [0.1, 0.15) is 18.8 Å². The van der Waals surface area contributed by atoms with Gasteiger partial charge in [0.25, 0.3) is 0 Å². The fourth-order valence-electron chi connectivity index (χ4n) is 1.47. The topological polar surface area (TPSA) is 3.01 Å². The van der Waals surface area contributed by atoms with Crippen LogP contribution in [0.3, 0.4) is 0 Å². The normalized spacial score (nSPS) is 16.8. The molecule has 0 aliphatic heterocycles. The first-order chi connectivity index (χ1) is 6.65. The van der Waals surface area contributed by atoms with Gasteiger partial charge in [-0.3, -0.25) is 0 Å². The van der Waals surface area contributed by atoms with Gasteiger partial charge in [-0.1, -0.05) is 34.1 Å². The molecule has 2 unspecified atom stereocenters. The molecule has 14 heavy (non-hydrogen) atoms. The van der Waals surface area contributed by atoms with E-state index in [1.54, 1.807) is 0 Å². The van der Waals surface area contributed by atoms with Crippen molar-refractivity contribution in [3.05, 3.63) is 0 Å². The highest BCUT2D eigenvalue weighted by Crippen LogP contribution is 2.05. The molecule has 0 radical (unpaired) electrons. The Hall–Kier alpha value is -0.330. The van der Waals surface area contributed by atoms with E-state index in [4.69, 9.17) is 0 Å². The summed E-state index contributed by atoms with van der Waals surface area (Å²) in [7, 11) is 0. The first-order valence-corrected chi connectivity index (χ1v) is 6.24. The molecule has 0 N–H and O–H groups in total. The average molecular weight is 198 g/mol. The maximum atomic E-state index is 2.52. The van der Waals surface area contributed by atoms with Gasteiger partial charge in [0, 0.05) is 19.3 Å². The van der Waals surface area contributed by atoms with Crippen molar-refractivity contribution in [2.24, 2.45) is 5.92 Å². The molecule has 0 saturated carbocycles. The van der Waals surface area contributed by atoms with Gasteiger partial charge < -0.3 is 0 Å². The third-order valence-corrected chi connectivity index (χ3v) is 3.08. The second-order valence-electron chi connectivity index (χ2n) is 4.43. The van der Waals surface area contributed by atoms with Crippen LogP contribution in [0.15, 0.2) is 0 Å². The average Bonchev–Trinajstić information content (AvgIpc) is 2.22. The van der Waals surface area contributed by atoms with Crippen LogP contribution in [0.4, 0.5) is 0 Å². The molecule has 0 fully saturated rings. The minimum atomic E-state index is 0.707. The molecule has 84 valence electrons. The van der Waals surface area contributed by atoms with E-state index in [1.807, 2.05) is 0 Å². The predicted molar refractivity (Wildman–Crippen MR) is 65.3 cm³/mol. The second-order valence-corrected chi connectivity index (χ2v) is 4.43. The van der Waals surface area contributed by atoms with Crippen molar-refractivity contribution in [3.8, 4) is 0 Å². The maximum Gasteiger partial charge on any atom is 0.149 e. The molecule has 0 spiro atoms. The lowest BCUT2D eigenvalue weighted by Gasteiger charge is -2.10. The van der Waals surface area contributed by atoms with E-state index in [0.717, 1.165) is 5.92 Å². The third-order valence-electron chi connectivity index (χ3n) is 3.08. The number of hydrogen-bond donors (Lipinski definition) is 0. The lowest BCUT2D eigenvalue weighted by Crippen LogP contribution is -2.25. The summed E-state index contributed by atoms with van der Waals surface area (Å²) in [5, 5.41) is 0. The molecule has 0 aliphatic carbocycles.